The molecule has 1 aromatic heterocycles. The van der Waals surface area contributed by atoms with Crippen molar-refractivity contribution in [2.45, 2.75) is 25.9 Å². The highest BCUT2D eigenvalue weighted by atomic mass is 16.5. The van der Waals surface area contributed by atoms with Crippen molar-refractivity contribution in [3.8, 4) is 0 Å². The van der Waals surface area contributed by atoms with Gasteiger partial charge in [0, 0.05) is 32.3 Å². The molecule has 21 heavy (non-hydrogen) atoms. The number of ether oxygens (including phenoxy) is 1. The summed E-state index contributed by atoms with van der Waals surface area (Å²) >= 11 is 0. The number of nitrogens with one attached hydrogen (secondary N) is 1. The highest BCUT2D eigenvalue weighted by molar-refractivity contribution is 5.89. The normalized spacial score (nSPS) is 19.6. The van der Waals surface area contributed by atoms with Crippen LogP contribution in [0.25, 0.3) is 0 Å². The molecule has 6 nitrogen and oxygen atoms in total. The number of hydrogen-bond donors (Lipinski definition) is 1. The topological polar surface area (TPSA) is 71.5 Å². The SMILES string of the molecule is COC[C@H](C)NC(=O)[C@@H]1CC(=O)N(Cc2ccccn2)C1. The lowest BCUT2D eigenvalue weighted by Crippen LogP contribution is -2.40. The summed E-state index contributed by atoms with van der Waals surface area (Å²) in [4.78, 5) is 30.0. The molecule has 0 aliphatic carbocycles. The minimum absolute atomic E-state index is 0.000183. The lowest BCUT2D eigenvalue weighted by molar-refractivity contribution is -0.129. The largest absolute Gasteiger partial charge is 0.383 e. The molecule has 1 N–H and O–H groups in total. The van der Waals surface area contributed by atoms with E-state index in [9.17, 15) is 9.59 Å². The van der Waals surface area contributed by atoms with Gasteiger partial charge in [-0.3, -0.25) is 14.6 Å². The monoisotopic (exact) mass is 291 g/mol. The molecule has 0 aromatic carbocycles. The summed E-state index contributed by atoms with van der Waals surface area (Å²) in [5.74, 6) is -0.378. The fourth-order valence-electron chi connectivity index (χ4n) is 2.44. The Morgan fingerprint density at radius 3 is 3.05 bits per heavy atom. The first-order chi connectivity index (χ1) is 10.1. The van der Waals surface area contributed by atoms with Gasteiger partial charge in [0.1, 0.15) is 0 Å². The van der Waals surface area contributed by atoms with E-state index in [0.29, 0.717) is 19.7 Å². The van der Waals surface area contributed by atoms with Crippen LogP contribution in [0.4, 0.5) is 0 Å². The third-order valence-corrected chi connectivity index (χ3v) is 3.47. The van der Waals surface area contributed by atoms with Crippen LogP contribution >= 0.6 is 0 Å². The second-order valence-electron chi connectivity index (χ2n) is 5.36. The summed E-state index contributed by atoms with van der Waals surface area (Å²) in [5.41, 5.74) is 0.833. The third-order valence-electron chi connectivity index (χ3n) is 3.47. The first kappa shape index (κ1) is 15.4. The number of aromatic nitrogens is 1. The fraction of sp³-hybridized carbons (Fsp3) is 0.533. The van der Waals surface area contributed by atoms with Crippen molar-refractivity contribution in [2.24, 2.45) is 5.92 Å². The van der Waals surface area contributed by atoms with Crippen LogP contribution < -0.4 is 5.32 Å². The molecule has 0 spiro atoms. The van der Waals surface area contributed by atoms with E-state index < -0.39 is 0 Å². The van der Waals surface area contributed by atoms with Crippen LogP contribution in [0, 0.1) is 5.92 Å². The maximum Gasteiger partial charge on any atom is 0.225 e. The number of pyridine rings is 1. The minimum atomic E-state index is -0.291. The quantitative estimate of drug-likeness (QED) is 0.832. The molecule has 2 atom stereocenters. The van der Waals surface area contributed by atoms with Gasteiger partial charge in [0.15, 0.2) is 0 Å². The van der Waals surface area contributed by atoms with Crippen LogP contribution in [0.2, 0.25) is 0 Å². The van der Waals surface area contributed by atoms with Crippen LogP contribution in [0.3, 0.4) is 0 Å². The second-order valence-corrected chi connectivity index (χ2v) is 5.36. The Labute approximate surface area is 124 Å². The van der Waals surface area contributed by atoms with Crippen molar-refractivity contribution in [1.82, 2.24) is 15.2 Å². The van der Waals surface area contributed by atoms with Gasteiger partial charge >= 0.3 is 0 Å². The molecule has 2 amide bonds. The standard InChI is InChI=1S/C15H21N3O3/c1-11(10-21-2)17-15(20)12-7-14(19)18(8-12)9-13-5-3-4-6-16-13/h3-6,11-12H,7-10H2,1-2H3,(H,17,20)/t11-,12+/m0/s1. The number of hydrogen-bond acceptors (Lipinski definition) is 4. The van der Waals surface area contributed by atoms with E-state index in [1.54, 1.807) is 18.2 Å². The van der Waals surface area contributed by atoms with E-state index in [4.69, 9.17) is 4.74 Å². The maximum absolute atomic E-state index is 12.1. The van der Waals surface area contributed by atoms with Gasteiger partial charge in [-0.1, -0.05) is 6.07 Å². The van der Waals surface area contributed by atoms with Gasteiger partial charge in [-0.15, -0.1) is 0 Å². The van der Waals surface area contributed by atoms with E-state index in [1.807, 2.05) is 25.1 Å². The van der Waals surface area contributed by atoms with Crippen LogP contribution in [0.5, 0.6) is 0 Å². The summed E-state index contributed by atoms with van der Waals surface area (Å²) in [6, 6.07) is 5.55. The van der Waals surface area contributed by atoms with Crippen molar-refractivity contribution >= 4 is 11.8 Å². The number of methoxy groups -OCH3 is 1. The zero-order valence-corrected chi connectivity index (χ0v) is 12.4. The molecule has 114 valence electrons. The van der Waals surface area contributed by atoms with Gasteiger partial charge in [-0.2, -0.15) is 0 Å². The molecule has 0 bridgehead atoms. The van der Waals surface area contributed by atoms with Gasteiger partial charge in [0.25, 0.3) is 0 Å². The molecule has 1 fully saturated rings. The lowest BCUT2D eigenvalue weighted by atomic mass is 10.1. The summed E-state index contributed by atoms with van der Waals surface area (Å²) in [7, 11) is 1.59. The minimum Gasteiger partial charge on any atom is -0.383 e. The molecule has 0 unspecified atom stereocenters. The van der Waals surface area contributed by atoms with E-state index in [0.717, 1.165) is 5.69 Å². The van der Waals surface area contributed by atoms with Gasteiger partial charge < -0.3 is 15.0 Å². The molecule has 2 rings (SSSR count). The molecule has 1 saturated heterocycles. The van der Waals surface area contributed by atoms with Crippen LogP contribution in [-0.4, -0.2) is 48.0 Å². The molecule has 1 aliphatic heterocycles. The Bertz CT molecular complexity index is 492. The Morgan fingerprint density at radius 1 is 1.57 bits per heavy atom. The lowest BCUT2D eigenvalue weighted by Gasteiger charge is -2.17. The van der Waals surface area contributed by atoms with E-state index in [1.165, 1.54) is 0 Å². The summed E-state index contributed by atoms with van der Waals surface area (Å²) in [5, 5.41) is 2.87. The molecule has 2 heterocycles. The van der Waals surface area contributed by atoms with Crippen LogP contribution in [0.1, 0.15) is 19.0 Å². The third kappa shape index (κ3) is 4.26. The van der Waals surface area contributed by atoms with Crippen LogP contribution in [0.15, 0.2) is 24.4 Å². The Hall–Kier alpha value is -1.95. The van der Waals surface area contributed by atoms with Crippen molar-refractivity contribution in [2.75, 3.05) is 20.3 Å². The van der Waals surface area contributed by atoms with Crippen molar-refractivity contribution in [1.29, 1.82) is 0 Å². The first-order valence-electron chi connectivity index (χ1n) is 7.07. The Balaban J connectivity index is 1.88. The van der Waals surface area contributed by atoms with Crippen LogP contribution in [-0.2, 0) is 20.9 Å². The number of nitrogens with zero attached hydrogens (tertiary/aromatic N) is 2. The van der Waals surface area contributed by atoms with Crippen molar-refractivity contribution < 1.29 is 14.3 Å². The molecule has 1 aliphatic rings. The molecule has 1 aromatic rings. The molecule has 6 heteroatoms. The van der Waals surface area contributed by atoms with Crippen molar-refractivity contribution in [3.63, 3.8) is 0 Å². The number of carbonyl (C=O) groups excluding carboxylic acids is 2. The highest BCUT2D eigenvalue weighted by Crippen LogP contribution is 2.20. The fourth-order valence-corrected chi connectivity index (χ4v) is 2.44. The predicted octanol–water partition coefficient (Wildman–Crippen LogP) is 0.581. The van der Waals surface area contributed by atoms with Gasteiger partial charge in [0.05, 0.1) is 24.8 Å². The summed E-state index contributed by atoms with van der Waals surface area (Å²) in [6.45, 7) is 3.24. The first-order valence-corrected chi connectivity index (χ1v) is 7.07. The number of amides is 2. The van der Waals surface area contributed by atoms with Crippen molar-refractivity contribution in [3.05, 3.63) is 30.1 Å². The summed E-state index contributed by atoms with van der Waals surface area (Å²) in [6.07, 6.45) is 1.96. The molecular weight excluding hydrogens is 270 g/mol. The molecular formula is C15H21N3O3. The average Bonchev–Trinajstić information content (AvgIpc) is 2.82. The maximum atomic E-state index is 12.1. The molecule has 0 saturated carbocycles. The summed E-state index contributed by atoms with van der Waals surface area (Å²) < 4.78 is 4.99. The number of likely N-dealkylation sites (tertiary alicyclic amines) is 1. The predicted molar refractivity (Wildman–Crippen MR) is 77.2 cm³/mol. The zero-order chi connectivity index (χ0) is 15.2. The number of carbonyl (C=O) groups is 2. The van der Waals surface area contributed by atoms with E-state index in [-0.39, 0.29) is 30.2 Å². The van der Waals surface area contributed by atoms with Gasteiger partial charge in [0.2, 0.25) is 11.8 Å². The number of rotatable bonds is 6. The second kappa shape index (κ2) is 7.17. The van der Waals surface area contributed by atoms with Gasteiger partial charge in [-0.05, 0) is 19.1 Å². The highest BCUT2D eigenvalue weighted by Gasteiger charge is 2.34. The van der Waals surface area contributed by atoms with E-state index >= 15 is 0 Å². The smallest absolute Gasteiger partial charge is 0.225 e. The van der Waals surface area contributed by atoms with Gasteiger partial charge in [-0.25, -0.2) is 0 Å². The average molecular weight is 291 g/mol. The Kier molecular flexibility index (Phi) is 5.27. The Morgan fingerprint density at radius 2 is 2.38 bits per heavy atom. The molecule has 0 radical (unpaired) electrons. The van der Waals surface area contributed by atoms with E-state index in [2.05, 4.69) is 10.3 Å². The zero-order valence-electron chi connectivity index (χ0n) is 12.4.